The Morgan fingerprint density at radius 3 is 2.12 bits per heavy atom. The molecule has 0 saturated carbocycles. The molecule has 118 valence electrons. The van der Waals surface area contributed by atoms with Gasteiger partial charge in [-0.15, -0.1) is 0 Å². The van der Waals surface area contributed by atoms with Crippen molar-refractivity contribution in [3.05, 3.63) is 77.3 Å². The predicted molar refractivity (Wildman–Crippen MR) is 99.9 cm³/mol. The lowest BCUT2D eigenvalue weighted by molar-refractivity contribution is 1.07. The normalized spacial score (nSPS) is 11.1. The van der Waals surface area contributed by atoms with E-state index in [1.807, 2.05) is 18.2 Å². The first-order chi connectivity index (χ1) is 11.7. The van der Waals surface area contributed by atoms with Crippen LogP contribution in [0.1, 0.15) is 5.56 Å². The standard InChI is InChI=1S/C20H16ClN3/c21-17-9-10-18-19(11-17)24-20(23-18)16-7-5-15(6-8-16)14-3-1-13(12-22)2-4-14/h1-11H,12,22H2,(H,23,24). The maximum Gasteiger partial charge on any atom is 0.138 e. The molecule has 0 unspecified atom stereocenters. The molecule has 0 radical (unpaired) electrons. The van der Waals surface area contributed by atoms with Crippen molar-refractivity contribution in [2.45, 2.75) is 6.54 Å². The molecule has 1 heterocycles. The molecule has 3 nitrogen and oxygen atoms in total. The zero-order valence-electron chi connectivity index (χ0n) is 13.0. The molecular weight excluding hydrogens is 318 g/mol. The molecule has 0 spiro atoms. The van der Waals surface area contributed by atoms with Crippen LogP contribution in [0.15, 0.2) is 66.7 Å². The van der Waals surface area contributed by atoms with Crippen LogP contribution in [0.5, 0.6) is 0 Å². The average molecular weight is 334 g/mol. The Hall–Kier alpha value is -2.62. The van der Waals surface area contributed by atoms with Gasteiger partial charge in [-0.2, -0.15) is 0 Å². The molecule has 0 aliphatic rings. The maximum atomic E-state index is 6.03. The van der Waals surface area contributed by atoms with E-state index in [1.165, 1.54) is 11.1 Å². The lowest BCUT2D eigenvalue weighted by Gasteiger charge is -2.04. The third kappa shape index (κ3) is 2.80. The number of halogens is 1. The summed E-state index contributed by atoms with van der Waals surface area (Å²) in [5, 5.41) is 0.703. The second-order valence-corrected chi connectivity index (χ2v) is 6.16. The lowest BCUT2D eigenvalue weighted by Crippen LogP contribution is -1.95. The highest BCUT2D eigenvalue weighted by atomic mass is 35.5. The number of nitrogens with one attached hydrogen (secondary N) is 1. The van der Waals surface area contributed by atoms with Gasteiger partial charge < -0.3 is 10.7 Å². The molecule has 0 amide bonds. The van der Waals surface area contributed by atoms with E-state index in [-0.39, 0.29) is 0 Å². The summed E-state index contributed by atoms with van der Waals surface area (Å²) in [5.41, 5.74) is 12.0. The van der Waals surface area contributed by atoms with Gasteiger partial charge >= 0.3 is 0 Å². The Morgan fingerprint density at radius 1 is 0.833 bits per heavy atom. The van der Waals surface area contributed by atoms with Gasteiger partial charge in [0.15, 0.2) is 0 Å². The van der Waals surface area contributed by atoms with Crippen molar-refractivity contribution >= 4 is 22.6 Å². The van der Waals surface area contributed by atoms with Gasteiger partial charge in [0, 0.05) is 17.1 Å². The molecular formula is C20H16ClN3. The third-order valence-corrected chi connectivity index (χ3v) is 4.36. The average Bonchev–Trinajstić information content (AvgIpc) is 3.05. The van der Waals surface area contributed by atoms with Crippen LogP contribution in [0.2, 0.25) is 5.02 Å². The molecule has 0 fully saturated rings. The molecule has 4 aromatic rings. The highest BCUT2D eigenvalue weighted by molar-refractivity contribution is 6.31. The highest BCUT2D eigenvalue weighted by Gasteiger charge is 2.06. The minimum atomic E-state index is 0.565. The summed E-state index contributed by atoms with van der Waals surface area (Å²) in [5.74, 6) is 0.845. The monoisotopic (exact) mass is 333 g/mol. The van der Waals surface area contributed by atoms with Crippen molar-refractivity contribution in [2.75, 3.05) is 0 Å². The molecule has 0 atom stereocenters. The van der Waals surface area contributed by atoms with Crippen molar-refractivity contribution in [3.63, 3.8) is 0 Å². The van der Waals surface area contributed by atoms with Gasteiger partial charge in [0.25, 0.3) is 0 Å². The van der Waals surface area contributed by atoms with E-state index < -0.39 is 0 Å². The SMILES string of the molecule is NCc1ccc(-c2ccc(-c3nc4ccc(Cl)cc4[nH]3)cc2)cc1. The van der Waals surface area contributed by atoms with Gasteiger partial charge in [-0.25, -0.2) is 4.98 Å². The van der Waals surface area contributed by atoms with E-state index in [4.69, 9.17) is 17.3 Å². The van der Waals surface area contributed by atoms with Crippen molar-refractivity contribution in [1.82, 2.24) is 9.97 Å². The number of fused-ring (bicyclic) bond motifs is 1. The quantitative estimate of drug-likeness (QED) is 0.553. The first-order valence-electron chi connectivity index (χ1n) is 7.78. The Balaban J connectivity index is 1.66. The van der Waals surface area contributed by atoms with Crippen molar-refractivity contribution in [3.8, 4) is 22.5 Å². The van der Waals surface area contributed by atoms with Crippen molar-refractivity contribution < 1.29 is 0 Å². The Bertz CT molecular complexity index is 986. The van der Waals surface area contributed by atoms with Crippen LogP contribution in [-0.2, 0) is 6.54 Å². The number of aromatic amines is 1. The number of aromatic nitrogens is 2. The number of benzene rings is 3. The first-order valence-corrected chi connectivity index (χ1v) is 8.16. The van der Waals surface area contributed by atoms with Gasteiger partial charge in [-0.3, -0.25) is 0 Å². The smallest absolute Gasteiger partial charge is 0.138 e. The predicted octanol–water partition coefficient (Wildman–Crippen LogP) is 5.01. The maximum absolute atomic E-state index is 6.03. The van der Waals surface area contributed by atoms with E-state index >= 15 is 0 Å². The minimum absolute atomic E-state index is 0.565. The van der Waals surface area contributed by atoms with Crippen LogP contribution in [0.3, 0.4) is 0 Å². The largest absolute Gasteiger partial charge is 0.338 e. The lowest BCUT2D eigenvalue weighted by atomic mass is 10.0. The van der Waals surface area contributed by atoms with Gasteiger partial charge in [-0.1, -0.05) is 60.1 Å². The highest BCUT2D eigenvalue weighted by Crippen LogP contribution is 2.26. The Kier molecular flexibility index (Phi) is 3.81. The molecule has 0 aliphatic carbocycles. The Morgan fingerprint density at radius 2 is 1.46 bits per heavy atom. The van der Waals surface area contributed by atoms with Gasteiger partial charge in [0.05, 0.1) is 11.0 Å². The molecule has 0 aliphatic heterocycles. The second-order valence-electron chi connectivity index (χ2n) is 5.73. The van der Waals surface area contributed by atoms with Crippen LogP contribution >= 0.6 is 11.6 Å². The van der Waals surface area contributed by atoms with Crippen LogP contribution < -0.4 is 5.73 Å². The number of hydrogen-bond acceptors (Lipinski definition) is 2. The third-order valence-electron chi connectivity index (χ3n) is 4.13. The fourth-order valence-corrected chi connectivity index (χ4v) is 2.94. The molecule has 24 heavy (non-hydrogen) atoms. The number of nitrogens with zero attached hydrogens (tertiary/aromatic N) is 1. The van der Waals surface area contributed by atoms with Gasteiger partial charge in [-0.05, 0) is 34.9 Å². The molecule has 3 N–H and O–H groups in total. The van der Waals surface area contributed by atoms with Crippen molar-refractivity contribution in [1.29, 1.82) is 0 Å². The summed E-state index contributed by atoms with van der Waals surface area (Å²) in [6.07, 6.45) is 0. The zero-order chi connectivity index (χ0) is 16.5. The molecule has 1 aromatic heterocycles. The summed E-state index contributed by atoms with van der Waals surface area (Å²) in [6, 6.07) is 22.3. The fourth-order valence-electron chi connectivity index (χ4n) is 2.77. The summed E-state index contributed by atoms with van der Waals surface area (Å²) >= 11 is 6.03. The van der Waals surface area contributed by atoms with Crippen LogP contribution in [0, 0.1) is 0 Å². The van der Waals surface area contributed by atoms with Crippen LogP contribution in [-0.4, -0.2) is 9.97 Å². The fraction of sp³-hybridized carbons (Fsp3) is 0.0500. The van der Waals surface area contributed by atoms with Crippen molar-refractivity contribution in [2.24, 2.45) is 5.73 Å². The van der Waals surface area contributed by atoms with Crippen LogP contribution in [0.4, 0.5) is 0 Å². The molecule has 4 heteroatoms. The topological polar surface area (TPSA) is 54.7 Å². The number of nitrogens with two attached hydrogens (primary N) is 1. The zero-order valence-corrected chi connectivity index (χ0v) is 13.7. The summed E-state index contributed by atoms with van der Waals surface area (Å²) in [4.78, 5) is 7.94. The van der Waals surface area contributed by atoms with Gasteiger partial charge in [0.2, 0.25) is 0 Å². The summed E-state index contributed by atoms with van der Waals surface area (Å²) < 4.78 is 0. The molecule has 0 bridgehead atoms. The van der Waals surface area contributed by atoms with E-state index in [0.29, 0.717) is 11.6 Å². The van der Waals surface area contributed by atoms with Crippen LogP contribution in [0.25, 0.3) is 33.5 Å². The number of H-pyrrole nitrogens is 1. The van der Waals surface area contributed by atoms with E-state index in [2.05, 4.69) is 58.5 Å². The number of hydrogen-bond donors (Lipinski definition) is 2. The minimum Gasteiger partial charge on any atom is -0.338 e. The number of rotatable bonds is 3. The Labute approximate surface area is 145 Å². The number of imidazole rings is 1. The van der Waals surface area contributed by atoms with E-state index in [9.17, 15) is 0 Å². The summed E-state index contributed by atoms with van der Waals surface area (Å²) in [6.45, 7) is 0.565. The summed E-state index contributed by atoms with van der Waals surface area (Å²) in [7, 11) is 0. The van der Waals surface area contributed by atoms with E-state index in [1.54, 1.807) is 0 Å². The molecule has 3 aromatic carbocycles. The molecule has 4 rings (SSSR count). The molecule has 0 saturated heterocycles. The van der Waals surface area contributed by atoms with E-state index in [0.717, 1.165) is 28.0 Å². The second kappa shape index (κ2) is 6.11. The van der Waals surface area contributed by atoms with Gasteiger partial charge in [0.1, 0.15) is 5.82 Å². The first kappa shape index (κ1) is 14.9.